The van der Waals surface area contributed by atoms with Crippen molar-refractivity contribution in [3.8, 4) is 0 Å². The van der Waals surface area contributed by atoms with E-state index in [4.69, 9.17) is 15.6 Å². The minimum Gasteiger partial charge on any atom is -0.475 e. The predicted molar refractivity (Wildman–Crippen MR) is 49.0 cm³/mol. The topological polar surface area (TPSA) is 81.1 Å². The Labute approximate surface area is 90.8 Å². The maximum absolute atomic E-state index is 10.6. The van der Waals surface area contributed by atoms with Gasteiger partial charge in [0.1, 0.15) is 0 Å². The summed E-state index contributed by atoms with van der Waals surface area (Å²) in [5.41, 5.74) is 5.36. The number of aromatic nitrogens is 2. The summed E-state index contributed by atoms with van der Waals surface area (Å²) < 4.78 is 34.2. The molecule has 1 heterocycles. The number of carboxylic acid groups (broad SMARTS) is 1. The fourth-order valence-electron chi connectivity index (χ4n) is 0.477. The average Bonchev–Trinajstić information content (AvgIpc) is 2.28. The van der Waals surface area contributed by atoms with Gasteiger partial charge in [-0.25, -0.2) is 4.79 Å². The summed E-state index contributed by atoms with van der Waals surface area (Å²) in [6.45, 7) is 0. The van der Waals surface area contributed by atoms with Crippen molar-refractivity contribution >= 4 is 27.7 Å². The smallest absolute Gasteiger partial charge is 0.475 e. The summed E-state index contributed by atoms with van der Waals surface area (Å²) in [6, 6.07) is 0. The first-order chi connectivity index (χ1) is 6.64. The second kappa shape index (κ2) is 5.01. The second-order valence-corrected chi connectivity index (χ2v) is 3.19. The highest BCUT2D eigenvalue weighted by molar-refractivity contribution is 9.10. The summed E-state index contributed by atoms with van der Waals surface area (Å²) in [7, 11) is 1.82. The molecule has 0 aromatic carbocycles. The first-order valence-corrected chi connectivity index (χ1v) is 4.18. The third-order valence-corrected chi connectivity index (χ3v) is 1.66. The largest absolute Gasteiger partial charge is 0.490 e. The Morgan fingerprint density at radius 3 is 2.13 bits per heavy atom. The molecule has 0 spiro atoms. The molecule has 86 valence electrons. The number of rotatable bonds is 0. The number of halogens is 4. The highest BCUT2D eigenvalue weighted by atomic mass is 79.9. The summed E-state index contributed by atoms with van der Waals surface area (Å²) in [5.74, 6) is -2.22. The molecule has 1 rings (SSSR count). The van der Waals surface area contributed by atoms with E-state index in [-0.39, 0.29) is 0 Å². The third kappa shape index (κ3) is 5.25. The van der Waals surface area contributed by atoms with Crippen LogP contribution in [0.25, 0.3) is 0 Å². The fraction of sp³-hybridized carbons (Fsp3) is 0.333. The van der Waals surface area contributed by atoms with Gasteiger partial charge in [0.05, 0.1) is 4.47 Å². The van der Waals surface area contributed by atoms with E-state index in [1.54, 1.807) is 10.9 Å². The molecule has 0 amide bonds. The number of hydrogen-bond acceptors (Lipinski definition) is 3. The fourth-order valence-corrected chi connectivity index (χ4v) is 0.852. The van der Waals surface area contributed by atoms with Crippen LogP contribution in [0.1, 0.15) is 0 Å². The van der Waals surface area contributed by atoms with Crippen molar-refractivity contribution in [2.75, 3.05) is 5.73 Å². The van der Waals surface area contributed by atoms with Crippen LogP contribution in [0, 0.1) is 0 Å². The zero-order valence-electron chi connectivity index (χ0n) is 7.42. The predicted octanol–water partition coefficient (Wildman–Crippen LogP) is 1.40. The van der Waals surface area contributed by atoms with Crippen molar-refractivity contribution < 1.29 is 23.1 Å². The number of anilines is 1. The first-order valence-electron chi connectivity index (χ1n) is 3.39. The Bertz CT molecular complexity index is 330. The lowest BCUT2D eigenvalue weighted by Gasteiger charge is -1.93. The molecule has 0 fully saturated rings. The lowest BCUT2D eigenvalue weighted by Crippen LogP contribution is -2.21. The molecule has 0 saturated carbocycles. The molecule has 3 N–H and O–H groups in total. The number of aryl methyl sites for hydroxylation is 1. The highest BCUT2D eigenvalue weighted by Gasteiger charge is 2.38. The Balaban J connectivity index is 0.000000265. The van der Waals surface area contributed by atoms with Crippen LogP contribution in [0.5, 0.6) is 0 Å². The van der Waals surface area contributed by atoms with E-state index < -0.39 is 12.1 Å². The number of alkyl halides is 3. The van der Waals surface area contributed by atoms with Gasteiger partial charge < -0.3 is 10.8 Å². The van der Waals surface area contributed by atoms with Gasteiger partial charge in [-0.05, 0) is 15.9 Å². The molecule has 1 aromatic heterocycles. The number of nitrogens with zero attached hydrogens (tertiary/aromatic N) is 2. The standard InChI is InChI=1S/C4H6BrN3.C2HF3O2/c1-8-2-3(5)4(6)7-8;3-2(4,5)1(6)7/h2H,1H3,(H2,6,7);(H,6,7). The van der Waals surface area contributed by atoms with Gasteiger partial charge in [0.25, 0.3) is 0 Å². The number of aliphatic carboxylic acids is 1. The molecule has 0 atom stereocenters. The van der Waals surface area contributed by atoms with Crippen molar-refractivity contribution in [3.63, 3.8) is 0 Å². The zero-order valence-corrected chi connectivity index (χ0v) is 9.00. The normalized spacial score (nSPS) is 10.5. The minimum absolute atomic E-state index is 0.535. The second-order valence-electron chi connectivity index (χ2n) is 2.34. The van der Waals surface area contributed by atoms with Gasteiger partial charge in [-0.2, -0.15) is 18.3 Å². The third-order valence-electron chi connectivity index (χ3n) is 1.05. The van der Waals surface area contributed by atoms with E-state index in [1.165, 1.54) is 0 Å². The van der Waals surface area contributed by atoms with Gasteiger partial charge in [0.2, 0.25) is 0 Å². The number of nitrogen functional groups attached to an aromatic ring is 1. The van der Waals surface area contributed by atoms with Crippen molar-refractivity contribution in [2.24, 2.45) is 7.05 Å². The molecule has 0 unspecified atom stereocenters. The highest BCUT2D eigenvalue weighted by Crippen LogP contribution is 2.14. The first kappa shape index (κ1) is 13.8. The molecule has 1 aromatic rings. The van der Waals surface area contributed by atoms with E-state index >= 15 is 0 Å². The van der Waals surface area contributed by atoms with Gasteiger partial charge in [0, 0.05) is 13.2 Å². The van der Waals surface area contributed by atoms with Gasteiger partial charge >= 0.3 is 12.1 Å². The lowest BCUT2D eigenvalue weighted by molar-refractivity contribution is -0.192. The number of carbonyl (C=O) groups is 1. The molecule has 15 heavy (non-hydrogen) atoms. The Morgan fingerprint density at radius 1 is 1.67 bits per heavy atom. The van der Waals surface area contributed by atoms with Gasteiger partial charge in [-0.15, -0.1) is 0 Å². The summed E-state index contributed by atoms with van der Waals surface area (Å²) >= 11 is 3.21. The maximum Gasteiger partial charge on any atom is 0.490 e. The van der Waals surface area contributed by atoms with Crippen LogP contribution in [0.3, 0.4) is 0 Å². The molecule has 0 aliphatic rings. The van der Waals surface area contributed by atoms with Crippen LogP contribution in [0.2, 0.25) is 0 Å². The Hall–Kier alpha value is -1.25. The average molecular weight is 290 g/mol. The molecule has 0 aliphatic heterocycles. The quantitative estimate of drug-likeness (QED) is 0.756. The maximum atomic E-state index is 10.6. The molecular weight excluding hydrogens is 283 g/mol. The Kier molecular flexibility index (Phi) is 4.59. The summed E-state index contributed by atoms with van der Waals surface area (Å²) in [6.07, 6.45) is -3.28. The molecule has 5 nitrogen and oxygen atoms in total. The number of carboxylic acids is 1. The summed E-state index contributed by atoms with van der Waals surface area (Å²) in [5, 5.41) is 11.0. The van der Waals surface area contributed by atoms with Crippen LogP contribution < -0.4 is 5.73 Å². The Morgan fingerprint density at radius 2 is 2.07 bits per heavy atom. The van der Waals surface area contributed by atoms with Crippen LogP contribution >= 0.6 is 15.9 Å². The monoisotopic (exact) mass is 289 g/mol. The molecule has 0 saturated heterocycles. The van der Waals surface area contributed by atoms with E-state index in [1.807, 2.05) is 7.05 Å². The molecule has 0 aliphatic carbocycles. The molecule has 9 heteroatoms. The molecule has 0 bridgehead atoms. The van der Waals surface area contributed by atoms with Crippen LogP contribution in [0.15, 0.2) is 10.7 Å². The van der Waals surface area contributed by atoms with E-state index in [9.17, 15) is 13.2 Å². The van der Waals surface area contributed by atoms with Crippen LogP contribution in [-0.4, -0.2) is 27.0 Å². The number of hydrogen-bond donors (Lipinski definition) is 2. The van der Waals surface area contributed by atoms with Crippen molar-refractivity contribution in [1.29, 1.82) is 0 Å². The minimum atomic E-state index is -5.08. The van der Waals surface area contributed by atoms with Crippen molar-refractivity contribution in [3.05, 3.63) is 10.7 Å². The van der Waals surface area contributed by atoms with Gasteiger partial charge in [-0.1, -0.05) is 0 Å². The van der Waals surface area contributed by atoms with E-state index in [2.05, 4.69) is 21.0 Å². The van der Waals surface area contributed by atoms with Crippen LogP contribution in [0.4, 0.5) is 19.0 Å². The van der Waals surface area contributed by atoms with Crippen LogP contribution in [-0.2, 0) is 11.8 Å². The SMILES string of the molecule is Cn1cc(Br)c(N)n1.O=C(O)C(F)(F)F. The lowest BCUT2D eigenvalue weighted by atomic mass is 10.7. The zero-order chi connectivity index (χ0) is 12.2. The van der Waals surface area contributed by atoms with E-state index in [0.717, 1.165) is 4.47 Å². The molecular formula is C6H7BrF3N3O2. The van der Waals surface area contributed by atoms with E-state index in [0.29, 0.717) is 5.82 Å². The van der Waals surface area contributed by atoms with Crippen molar-refractivity contribution in [1.82, 2.24) is 9.78 Å². The molecule has 0 radical (unpaired) electrons. The van der Waals surface area contributed by atoms with Gasteiger partial charge in [-0.3, -0.25) is 4.68 Å². The number of nitrogens with two attached hydrogens (primary N) is 1. The van der Waals surface area contributed by atoms with Crippen molar-refractivity contribution in [2.45, 2.75) is 6.18 Å². The summed E-state index contributed by atoms with van der Waals surface area (Å²) in [4.78, 5) is 8.90. The van der Waals surface area contributed by atoms with Gasteiger partial charge in [0.15, 0.2) is 5.82 Å².